The van der Waals surface area contributed by atoms with Gasteiger partial charge < -0.3 is 14.8 Å². The molecule has 128 valence electrons. The molecule has 0 aliphatic rings. The Morgan fingerprint density at radius 1 is 1.12 bits per heavy atom. The van der Waals surface area contributed by atoms with Crippen molar-refractivity contribution < 1.29 is 23.0 Å². The molecule has 1 amide bonds. The number of nitrogens with one attached hydrogen (secondary N) is 1. The molecular formula is C18H19F2NO3. The van der Waals surface area contributed by atoms with E-state index < -0.39 is 23.2 Å². The highest BCUT2D eigenvalue weighted by Gasteiger charge is 2.15. The van der Waals surface area contributed by atoms with Crippen LogP contribution in [0.1, 0.15) is 30.1 Å². The number of rotatable bonds is 7. The van der Waals surface area contributed by atoms with Crippen LogP contribution in [-0.2, 0) is 0 Å². The molecule has 0 heterocycles. The van der Waals surface area contributed by atoms with E-state index in [4.69, 9.17) is 9.47 Å². The summed E-state index contributed by atoms with van der Waals surface area (Å²) in [5, 5.41) is 2.24. The normalized spacial score (nSPS) is 10.3. The minimum Gasteiger partial charge on any atom is -0.493 e. The Hall–Kier alpha value is -2.63. The Balaban J connectivity index is 2.21. The van der Waals surface area contributed by atoms with Crippen LogP contribution in [-0.4, -0.2) is 19.6 Å². The summed E-state index contributed by atoms with van der Waals surface area (Å²) in [5.74, 6) is -1.41. The van der Waals surface area contributed by atoms with E-state index in [-0.39, 0.29) is 5.56 Å². The molecule has 0 saturated heterocycles. The fraction of sp³-hybridized carbons (Fsp3) is 0.278. The second kappa shape index (κ2) is 8.29. The number of halogens is 2. The van der Waals surface area contributed by atoms with Crippen LogP contribution in [0.15, 0.2) is 36.4 Å². The minimum atomic E-state index is -0.837. The Kier molecular flexibility index (Phi) is 6.12. The van der Waals surface area contributed by atoms with Crippen molar-refractivity contribution in [3.8, 4) is 11.5 Å². The molecule has 0 saturated carbocycles. The van der Waals surface area contributed by atoms with Gasteiger partial charge in [0.05, 0.1) is 13.7 Å². The number of carbonyl (C=O) groups excluding carboxylic acids is 1. The van der Waals surface area contributed by atoms with E-state index in [1.165, 1.54) is 25.3 Å². The Morgan fingerprint density at radius 2 is 1.83 bits per heavy atom. The molecule has 0 fully saturated rings. The molecule has 4 nitrogen and oxygen atoms in total. The molecule has 0 aliphatic heterocycles. The fourth-order valence-corrected chi connectivity index (χ4v) is 2.06. The monoisotopic (exact) mass is 335 g/mol. The van der Waals surface area contributed by atoms with E-state index >= 15 is 0 Å². The number of carbonyl (C=O) groups is 1. The zero-order valence-corrected chi connectivity index (χ0v) is 13.6. The number of para-hydroxylation sites is 1. The van der Waals surface area contributed by atoms with Gasteiger partial charge in [0.1, 0.15) is 17.3 Å². The number of benzene rings is 2. The summed E-state index contributed by atoms with van der Waals surface area (Å²) >= 11 is 0. The van der Waals surface area contributed by atoms with Gasteiger partial charge in [-0.2, -0.15) is 0 Å². The molecular weight excluding hydrogens is 316 g/mol. The summed E-state index contributed by atoms with van der Waals surface area (Å²) in [4.78, 5) is 12.3. The SMILES string of the molecule is CCCCOc1cc(C(=O)Nc2c(F)cccc2F)ccc1OC. The van der Waals surface area contributed by atoms with Crippen molar-refractivity contribution in [2.75, 3.05) is 19.0 Å². The van der Waals surface area contributed by atoms with Crippen LogP contribution in [0.5, 0.6) is 11.5 Å². The molecule has 0 aromatic heterocycles. The standard InChI is InChI=1S/C18H19F2NO3/c1-3-4-10-24-16-11-12(8-9-15(16)23-2)18(22)21-17-13(19)6-5-7-14(17)20/h5-9,11H,3-4,10H2,1-2H3,(H,21,22). The molecule has 24 heavy (non-hydrogen) atoms. The van der Waals surface area contributed by atoms with Gasteiger partial charge in [0.15, 0.2) is 11.5 Å². The largest absolute Gasteiger partial charge is 0.493 e. The number of amides is 1. The second-order valence-corrected chi connectivity index (χ2v) is 5.12. The van der Waals surface area contributed by atoms with Crippen LogP contribution >= 0.6 is 0 Å². The molecule has 6 heteroatoms. The van der Waals surface area contributed by atoms with Crippen LogP contribution < -0.4 is 14.8 Å². The number of methoxy groups -OCH3 is 1. The number of unbranched alkanes of at least 4 members (excludes halogenated alkanes) is 1. The first-order valence-corrected chi connectivity index (χ1v) is 7.63. The highest BCUT2D eigenvalue weighted by molar-refractivity contribution is 6.04. The van der Waals surface area contributed by atoms with Crippen LogP contribution in [0.25, 0.3) is 0 Å². The third-order valence-electron chi connectivity index (χ3n) is 3.38. The minimum absolute atomic E-state index is 0.213. The fourth-order valence-electron chi connectivity index (χ4n) is 2.06. The van der Waals surface area contributed by atoms with Crippen molar-refractivity contribution >= 4 is 11.6 Å². The van der Waals surface area contributed by atoms with E-state index in [2.05, 4.69) is 5.32 Å². The lowest BCUT2D eigenvalue weighted by Crippen LogP contribution is -2.14. The first kappa shape index (κ1) is 17.7. The second-order valence-electron chi connectivity index (χ2n) is 5.12. The Morgan fingerprint density at radius 3 is 2.46 bits per heavy atom. The molecule has 0 aliphatic carbocycles. The molecule has 0 spiro atoms. The quantitative estimate of drug-likeness (QED) is 0.763. The number of anilines is 1. The molecule has 0 atom stereocenters. The summed E-state index contributed by atoms with van der Waals surface area (Å²) in [6.07, 6.45) is 1.83. The summed E-state index contributed by atoms with van der Waals surface area (Å²) in [6.45, 7) is 2.52. The topological polar surface area (TPSA) is 47.6 Å². The van der Waals surface area contributed by atoms with Crippen LogP contribution in [0.3, 0.4) is 0 Å². The average molecular weight is 335 g/mol. The molecule has 2 aromatic carbocycles. The van der Waals surface area contributed by atoms with E-state index in [0.717, 1.165) is 25.0 Å². The van der Waals surface area contributed by atoms with Gasteiger partial charge in [0, 0.05) is 5.56 Å². The lowest BCUT2D eigenvalue weighted by Gasteiger charge is -2.12. The number of hydrogen-bond acceptors (Lipinski definition) is 3. The Labute approximate surface area is 139 Å². The van der Waals surface area contributed by atoms with Crippen molar-refractivity contribution in [3.05, 3.63) is 53.6 Å². The van der Waals surface area contributed by atoms with Gasteiger partial charge in [-0.25, -0.2) is 8.78 Å². The summed E-state index contributed by atoms with van der Waals surface area (Å²) in [7, 11) is 1.50. The van der Waals surface area contributed by atoms with E-state index in [1.807, 2.05) is 6.92 Å². The highest BCUT2D eigenvalue weighted by atomic mass is 19.1. The van der Waals surface area contributed by atoms with Gasteiger partial charge in [-0.05, 0) is 36.8 Å². The third-order valence-corrected chi connectivity index (χ3v) is 3.38. The van der Waals surface area contributed by atoms with Crippen molar-refractivity contribution in [2.24, 2.45) is 0 Å². The van der Waals surface area contributed by atoms with Crippen LogP contribution in [0.4, 0.5) is 14.5 Å². The van der Waals surface area contributed by atoms with Crippen molar-refractivity contribution in [1.82, 2.24) is 0 Å². The summed E-state index contributed by atoms with van der Waals surface area (Å²) in [5.41, 5.74) is -0.267. The summed E-state index contributed by atoms with van der Waals surface area (Å²) < 4.78 is 38.1. The van der Waals surface area contributed by atoms with Crippen LogP contribution in [0.2, 0.25) is 0 Å². The average Bonchev–Trinajstić information content (AvgIpc) is 2.58. The molecule has 1 N–H and O–H groups in total. The maximum atomic E-state index is 13.6. The van der Waals surface area contributed by atoms with Gasteiger partial charge in [0.25, 0.3) is 5.91 Å². The highest BCUT2D eigenvalue weighted by Crippen LogP contribution is 2.29. The molecule has 2 aromatic rings. The van der Waals surface area contributed by atoms with E-state index in [1.54, 1.807) is 6.07 Å². The first-order valence-electron chi connectivity index (χ1n) is 7.63. The molecule has 0 bridgehead atoms. The van der Waals surface area contributed by atoms with E-state index in [9.17, 15) is 13.6 Å². The van der Waals surface area contributed by atoms with Crippen molar-refractivity contribution in [1.29, 1.82) is 0 Å². The lowest BCUT2D eigenvalue weighted by atomic mass is 10.1. The Bertz CT molecular complexity index is 699. The van der Waals surface area contributed by atoms with Crippen molar-refractivity contribution in [3.63, 3.8) is 0 Å². The van der Waals surface area contributed by atoms with Gasteiger partial charge in [-0.3, -0.25) is 4.79 Å². The first-order chi connectivity index (χ1) is 11.6. The van der Waals surface area contributed by atoms with Crippen molar-refractivity contribution in [2.45, 2.75) is 19.8 Å². The maximum absolute atomic E-state index is 13.6. The van der Waals surface area contributed by atoms with Gasteiger partial charge in [-0.1, -0.05) is 19.4 Å². The number of ether oxygens (including phenoxy) is 2. The van der Waals surface area contributed by atoms with Gasteiger partial charge in [-0.15, -0.1) is 0 Å². The maximum Gasteiger partial charge on any atom is 0.255 e. The smallest absolute Gasteiger partial charge is 0.255 e. The molecule has 0 unspecified atom stereocenters. The predicted octanol–water partition coefficient (Wildman–Crippen LogP) is 4.40. The molecule has 0 radical (unpaired) electrons. The number of hydrogen-bond donors (Lipinski definition) is 1. The summed E-state index contributed by atoms with van der Waals surface area (Å²) in [6, 6.07) is 7.95. The molecule has 2 rings (SSSR count). The van der Waals surface area contributed by atoms with Gasteiger partial charge in [0.2, 0.25) is 0 Å². The lowest BCUT2D eigenvalue weighted by molar-refractivity contribution is 0.102. The van der Waals surface area contributed by atoms with Gasteiger partial charge >= 0.3 is 0 Å². The zero-order valence-electron chi connectivity index (χ0n) is 13.6. The predicted molar refractivity (Wildman–Crippen MR) is 87.7 cm³/mol. The zero-order chi connectivity index (χ0) is 17.5. The third kappa shape index (κ3) is 4.22. The van der Waals surface area contributed by atoms with E-state index in [0.29, 0.717) is 18.1 Å². The van der Waals surface area contributed by atoms with Crippen LogP contribution in [0, 0.1) is 11.6 Å².